The van der Waals surface area contributed by atoms with Crippen molar-refractivity contribution in [2.75, 3.05) is 0 Å². The summed E-state index contributed by atoms with van der Waals surface area (Å²) in [4.78, 5) is 0. The van der Waals surface area contributed by atoms with Gasteiger partial charge in [-0.2, -0.15) is 5.26 Å². The largest absolute Gasteiger partial charge is 1.00 e. The molecule has 0 aromatic heterocycles. The fraction of sp³-hybridized carbons (Fsp3) is 0.333. The van der Waals surface area contributed by atoms with E-state index in [9.17, 15) is 0 Å². The summed E-state index contributed by atoms with van der Waals surface area (Å²) in [6.07, 6.45) is 0. The Labute approximate surface area is 91.3 Å². The van der Waals surface area contributed by atoms with Crippen LogP contribution >= 0.6 is 0 Å². The van der Waals surface area contributed by atoms with E-state index in [0.717, 1.165) is 0 Å². The van der Waals surface area contributed by atoms with E-state index in [-0.39, 0.29) is 51.4 Å². The SMILES string of the molecule is CC#N.N#C[S-].[K+]. The van der Waals surface area contributed by atoms with Gasteiger partial charge >= 0.3 is 51.4 Å². The molecule has 0 heterocycles. The molecule has 4 heteroatoms. The van der Waals surface area contributed by atoms with Gasteiger partial charge in [-0.05, 0) is 0 Å². The molecule has 0 aromatic rings. The molecular weight excluding hydrogens is 135 g/mol. The Bertz CT molecular complexity index is 67.9. The summed E-state index contributed by atoms with van der Waals surface area (Å²) in [7, 11) is 0. The average molecular weight is 138 g/mol. The van der Waals surface area contributed by atoms with Crippen LogP contribution in [0.25, 0.3) is 0 Å². The van der Waals surface area contributed by atoms with Crippen LogP contribution in [0.1, 0.15) is 6.92 Å². The smallest absolute Gasteiger partial charge is 0.696 e. The van der Waals surface area contributed by atoms with Crippen LogP contribution in [0.4, 0.5) is 0 Å². The molecule has 0 amide bonds. The molecule has 0 saturated heterocycles. The topological polar surface area (TPSA) is 47.6 Å². The second-order valence-corrected chi connectivity index (χ2v) is 0.497. The Morgan fingerprint density at radius 2 is 1.43 bits per heavy atom. The van der Waals surface area contributed by atoms with Crippen molar-refractivity contribution in [1.82, 2.24) is 0 Å². The van der Waals surface area contributed by atoms with Crippen LogP contribution < -0.4 is 51.4 Å². The van der Waals surface area contributed by atoms with E-state index in [1.54, 1.807) is 6.07 Å². The molecular formula is C3H3KN2S. The average Bonchev–Trinajstić information content (AvgIpc) is 1.39. The third kappa shape index (κ3) is 229. The van der Waals surface area contributed by atoms with Crippen molar-refractivity contribution in [3.05, 3.63) is 0 Å². The van der Waals surface area contributed by atoms with Gasteiger partial charge in [0.25, 0.3) is 0 Å². The summed E-state index contributed by atoms with van der Waals surface area (Å²) >= 11 is 3.70. The maximum atomic E-state index is 7.32. The number of hydrogen-bond donors (Lipinski definition) is 0. The maximum absolute atomic E-state index is 7.32. The minimum atomic E-state index is 0. The monoisotopic (exact) mass is 138 g/mol. The van der Waals surface area contributed by atoms with Crippen molar-refractivity contribution in [1.29, 1.82) is 10.5 Å². The predicted molar refractivity (Wildman–Crippen MR) is 24.3 cm³/mol. The summed E-state index contributed by atoms with van der Waals surface area (Å²) in [6.45, 7) is 1.43. The van der Waals surface area contributed by atoms with E-state index >= 15 is 0 Å². The molecule has 0 aliphatic heterocycles. The first kappa shape index (κ1) is 15.7. The van der Waals surface area contributed by atoms with Gasteiger partial charge in [-0.1, -0.05) is 5.40 Å². The molecule has 0 spiro atoms. The first-order valence-corrected chi connectivity index (χ1v) is 1.56. The fourth-order valence-corrected chi connectivity index (χ4v) is 0. The number of nitrogens with zero attached hydrogens (tertiary/aromatic N) is 2. The van der Waals surface area contributed by atoms with Crippen molar-refractivity contribution >= 4 is 12.6 Å². The van der Waals surface area contributed by atoms with Crippen LogP contribution in [-0.4, -0.2) is 0 Å². The van der Waals surface area contributed by atoms with Crippen molar-refractivity contribution in [2.45, 2.75) is 6.92 Å². The first-order valence-electron chi connectivity index (χ1n) is 1.15. The second kappa shape index (κ2) is 28.9. The van der Waals surface area contributed by atoms with Gasteiger partial charge in [-0.3, -0.25) is 0 Å². The molecule has 0 aliphatic carbocycles. The van der Waals surface area contributed by atoms with Crippen LogP contribution in [0.15, 0.2) is 0 Å². The third-order valence-corrected chi connectivity index (χ3v) is 0. The maximum Gasteiger partial charge on any atom is 1.00 e. The summed E-state index contributed by atoms with van der Waals surface area (Å²) in [5.41, 5.74) is 0. The zero-order valence-corrected chi connectivity index (χ0v) is 8.24. The van der Waals surface area contributed by atoms with Crippen molar-refractivity contribution in [3.63, 3.8) is 0 Å². The van der Waals surface area contributed by atoms with Gasteiger partial charge in [-0.15, -0.1) is 0 Å². The number of thiocyanates is 1. The Morgan fingerprint density at radius 1 is 1.43 bits per heavy atom. The first-order chi connectivity index (χ1) is 2.83. The molecule has 0 fully saturated rings. The minimum Gasteiger partial charge on any atom is -0.696 e. The summed E-state index contributed by atoms with van der Waals surface area (Å²) in [5.74, 6) is 0. The van der Waals surface area contributed by atoms with E-state index < -0.39 is 0 Å². The van der Waals surface area contributed by atoms with E-state index in [2.05, 4.69) is 12.6 Å². The van der Waals surface area contributed by atoms with Gasteiger partial charge in [0.1, 0.15) is 0 Å². The number of hydrogen-bond acceptors (Lipinski definition) is 3. The number of rotatable bonds is 0. The van der Waals surface area contributed by atoms with Gasteiger partial charge < -0.3 is 12.6 Å². The number of nitriles is 2. The van der Waals surface area contributed by atoms with Crippen LogP contribution in [0, 0.1) is 22.0 Å². The molecule has 0 rings (SSSR count). The van der Waals surface area contributed by atoms with Crippen molar-refractivity contribution in [2.24, 2.45) is 0 Å². The Morgan fingerprint density at radius 3 is 1.43 bits per heavy atom. The molecule has 0 aliphatic rings. The molecule has 7 heavy (non-hydrogen) atoms. The standard InChI is InChI=1S/C2H3N.CHNS.K/c1-2-3;2-1-3;/h1H3;3H;/q;;+1/p-1. The normalized spacial score (nSPS) is 2.14. The van der Waals surface area contributed by atoms with E-state index in [1.165, 1.54) is 12.3 Å². The van der Waals surface area contributed by atoms with Crippen molar-refractivity contribution in [3.8, 4) is 11.5 Å². The third-order valence-electron chi connectivity index (χ3n) is 0. The summed E-state index contributed by atoms with van der Waals surface area (Å²) in [6, 6.07) is 1.75. The Kier molecular flexibility index (Phi) is 64.7. The van der Waals surface area contributed by atoms with Gasteiger partial charge in [0.2, 0.25) is 0 Å². The van der Waals surface area contributed by atoms with Gasteiger partial charge in [0.05, 0.1) is 6.07 Å². The molecule has 32 valence electrons. The molecule has 2 nitrogen and oxygen atoms in total. The molecule has 0 aromatic carbocycles. The quantitative estimate of drug-likeness (QED) is 0.212. The summed E-state index contributed by atoms with van der Waals surface area (Å²) < 4.78 is 0. The van der Waals surface area contributed by atoms with E-state index in [4.69, 9.17) is 10.5 Å². The molecule has 0 radical (unpaired) electrons. The van der Waals surface area contributed by atoms with Crippen LogP contribution in [0.5, 0.6) is 0 Å². The Hall–Kier alpha value is 0.836. The molecule has 0 atom stereocenters. The fourth-order valence-electron chi connectivity index (χ4n) is 0. The zero-order chi connectivity index (χ0) is 5.41. The van der Waals surface area contributed by atoms with Gasteiger partial charge in [0.15, 0.2) is 0 Å². The molecule has 0 unspecified atom stereocenters. The second-order valence-electron chi connectivity index (χ2n) is 0.315. The molecule has 0 N–H and O–H groups in total. The zero-order valence-electron chi connectivity index (χ0n) is 4.30. The van der Waals surface area contributed by atoms with Gasteiger partial charge in [-0.25, -0.2) is 5.26 Å². The molecule has 0 saturated carbocycles. The van der Waals surface area contributed by atoms with E-state index in [0.29, 0.717) is 0 Å². The Balaban J connectivity index is -0.0000000400. The molecule has 0 bridgehead atoms. The minimum absolute atomic E-state index is 0. The van der Waals surface area contributed by atoms with Crippen LogP contribution in [0.3, 0.4) is 0 Å². The van der Waals surface area contributed by atoms with E-state index in [1.807, 2.05) is 0 Å². The predicted octanol–water partition coefficient (Wildman–Crippen LogP) is -2.45. The van der Waals surface area contributed by atoms with Crippen LogP contribution in [0.2, 0.25) is 0 Å². The summed E-state index contributed by atoms with van der Waals surface area (Å²) in [5, 5.41) is 15.8. The van der Waals surface area contributed by atoms with Gasteiger partial charge in [0, 0.05) is 6.92 Å². The van der Waals surface area contributed by atoms with Crippen LogP contribution in [-0.2, 0) is 12.6 Å². The van der Waals surface area contributed by atoms with Crippen molar-refractivity contribution < 1.29 is 51.4 Å².